The highest BCUT2D eigenvalue weighted by Gasteiger charge is 2.15. The van der Waals surface area contributed by atoms with Crippen molar-refractivity contribution in [2.45, 2.75) is 11.8 Å². The molecule has 1 atom stereocenters. The van der Waals surface area contributed by atoms with Gasteiger partial charge >= 0.3 is 0 Å². The second-order valence-corrected chi connectivity index (χ2v) is 5.05. The summed E-state index contributed by atoms with van der Waals surface area (Å²) in [5, 5.41) is -0.594. The van der Waals surface area contributed by atoms with Crippen LogP contribution in [-0.2, 0) is 6.42 Å². The Balaban J connectivity index is 2.21. The van der Waals surface area contributed by atoms with Gasteiger partial charge in [0.25, 0.3) is 0 Å². The van der Waals surface area contributed by atoms with E-state index in [0.717, 1.165) is 11.6 Å². The van der Waals surface area contributed by atoms with E-state index in [0.29, 0.717) is 17.9 Å². The van der Waals surface area contributed by atoms with Crippen LogP contribution in [0.1, 0.15) is 16.5 Å². The van der Waals surface area contributed by atoms with E-state index in [1.54, 1.807) is 26.4 Å². The van der Waals surface area contributed by atoms with E-state index in [2.05, 4.69) is 0 Å². The zero-order valence-corrected chi connectivity index (χ0v) is 12.5. The van der Waals surface area contributed by atoms with Crippen LogP contribution >= 0.6 is 11.6 Å². The summed E-state index contributed by atoms with van der Waals surface area (Å²) in [6.45, 7) is 0. The molecule has 2 aromatic rings. The fourth-order valence-corrected chi connectivity index (χ4v) is 2.44. The second-order valence-electron chi connectivity index (χ2n) is 4.53. The van der Waals surface area contributed by atoms with Crippen LogP contribution in [0.15, 0.2) is 36.4 Å². The van der Waals surface area contributed by atoms with Gasteiger partial charge in [0.1, 0.15) is 11.6 Å². The summed E-state index contributed by atoms with van der Waals surface area (Å²) in [4.78, 5) is 0. The molecule has 0 saturated carbocycles. The molecule has 0 amide bonds. The van der Waals surface area contributed by atoms with E-state index in [1.165, 1.54) is 12.1 Å². The number of halogens is 3. The van der Waals surface area contributed by atoms with E-state index < -0.39 is 17.0 Å². The second kappa shape index (κ2) is 6.76. The van der Waals surface area contributed by atoms with Gasteiger partial charge in [0, 0.05) is 11.6 Å². The molecule has 0 bridgehead atoms. The Morgan fingerprint density at radius 3 is 2.33 bits per heavy atom. The van der Waals surface area contributed by atoms with Gasteiger partial charge in [-0.25, -0.2) is 8.78 Å². The molecule has 112 valence electrons. The molecular formula is C16H15ClF2O2. The van der Waals surface area contributed by atoms with Crippen LogP contribution in [0.2, 0.25) is 0 Å². The molecule has 0 N–H and O–H groups in total. The number of hydrogen-bond donors (Lipinski definition) is 0. The highest BCUT2D eigenvalue weighted by molar-refractivity contribution is 6.20. The van der Waals surface area contributed by atoms with E-state index in [4.69, 9.17) is 21.1 Å². The molecule has 0 fully saturated rings. The largest absolute Gasteiger partial charge is 0.493 e. The Morgan fingerprint density at radius 1 is 1.00 bits per heavy atom. The molecule has 2 nitrogen and oxygen atoms in total. The molecule has 21 heavy (non-hydrogen) atoms. The normalized spacial score (nSPS) is 12.0. The lowest BCUT2D eigenvalue weighted by molar-refractivity contribution is 0.354. The fraction of sp³-hybridized carbons (Fsp3) is 0.250. The zero-order chi connectivity index (χ0) is 15.4. The number of methoxy groups -OCH3 is 2. The van der Waals surface area contributed by atoms with Gasteiger partial charge in [-0.15, -0.1) is 11.6 Å². The maximum atomic E-state index is 13.7. The lowest BCUT2D eigenvalue weighted by atomic mass is 10.0. The van der Waals surface area contributed by atoms with Crippen LogP contribution in [0.3, 0.4) is 0 Å². The van der Waals surface area contributed by atoms with Gasteiger partial charge in [-0.3, -0.25) is 0 Å². The monoisotopic (exact) mass is 312 g/mol. The SMILES string of the molecule is COc1ccc(CC(Cl)c2ccc(F)cc2F)cc1OC. The fourth-order valence-electron chi connectivity index (χ4n) is 2.08. The summed E-state index contributed by atoms with van der Waals surface area (Å²) in [7, 11) is 3.09. The van der Waals surface area contributed by atoms with Gasteiger partial charge in [-0.05, 0) is 30.2 Å². The lowest BCUT2D eigenvalue weighted by Crippen LogP contribution is -2.00. The average Bonchev–Trinajstić information content (AvgIpc) is 2.46. The Labute approximate surface area is 127 Å². The molecule has 0 heterocycles. The first kappa shape index (κ1) is 15.6. The summed E-state index contributed by atoms with van der Waals surface area (Å²) in [6.07, 6.45) is 0.393. The third-order valence-electron chi connectivity index (χ3n) is 3.16. The third-order valence-corrected chi connectivity index (χ3v) is 3.55. The molecule has 2 rings (SSSR count). The van der Waals surface area contributed by atoms with E-state index in [-0.39, 0.29) is 5.56 Å². The van der Waals surface area contributed by atoms with Crippen LogP contribution in [0.25, 0.3) is 0 Å². The topological polar surface area (TPSA) is 18.5 Å². The van der Waals surface area contributed by atoms with Crippen molar-refractivity contribution in [2.24, 2.45) is 0 Å². The van der Waals surface area contributed by atoms with Crippen molar-refractivity contribution in [1.82, 2.24) is 0 Å². The van der Waals surface area contributed by atoms with E-state index >= 15 is 0 Å². The lowest BCUT2D eigenvalue weighted by Gasteiger charge is -2.13. The molecule has 0 spiro atoms. The van der Waals surface area contributed by atoms with Crippen molar-refractivity contribution in [1.29, 1.82) is 0 Å². The first-order valence-electron chi connectivity index (χ1n) is 6.35. The maximum Gasteiger partial charge on any atom is 0.160 e. The molecular weight excluding hydrogens is 298 g/mol. The molecule has 5 heteroatoms. The molecule has 0 radical (unpaired) electrons. The Bertz CT molecular complexity index is 632. The molecule has 0 aromatic heterocycles. The van der Waals surface area contributed by atoms with Crippen molar-refractivity contribution in [3.63, 3.8) is 0 Å². The quantitative estimate of drug-likeness (QED) is 0.757. The Hall–Kier alpha value is -1.81. The van der Waals surface area contributed by atoms with Crippen molar-refractivity contribution in [3.05, 3.63) is 59.2 Å². The molecule has 0 aliphatic rings. The minimum absolute atomic E-state index is 0.271. The molecule has 0 aliphatic carbocycles. The van der Waals surface area contributed by atoms with Gasteiger partial charge in [-0.1, -0.05) is 12.1 Å². The predicted octanol–water partition coefficient (Wildman–Crippen LogP) is 4.50. The number of hydrogen-bond acceptors (Lipinski definition) is 2. The minimum atomic E-state index is -0.643. The molecule has 2 aromatic carbocycles. The first-order chi connectivity index (χ1) is 10.0. The smallest absolute Gasteiger partial charge is 0.160 e. The van der Waals surface area contributed by atoms with Gasteiger partial charge < -0.3 is 9.47 Å². The van der Waals surface area contributed by atoms with Crippen LogP contribution in [-0.4, -0.2) is 14.2 Å². The predicted molar refractivity (Wildman–Crippen MR) is 78.2 cm³/mol. The van der Waals surface area contributed by atoms with Gasteiger partial charge in [0.15, 0.2) is 11.5 Å². The zero-order valence-electron chi connectivity index (χ0n) is 11.7. The van der Waals surface area contributed by atoms with Crippen molar-refractivity contribution in [2.75, 3.05) is 14.2 Å². The van der Waals surface area contributed by atoms with E-state index in [1.807, 2.05) is 6.07 Å². The summed E-state index contributed by atoms with van der Waals surface area (Å²) in [5.74, 6) is -0.0690. The van der Waals surface area contributed by atoms with Crippen molar-refractivity contribution >= 4 is 11.6 Å². The molecule has 1 unspecified atom stereocenters. The van der Waals surface area contributed by atoms with Gasteiger partial charge in [0.05, 0.1) is 19.6 Å². The highest BCUT2D eigenvalue weighted by atomic mass is 35.5. The van der Waals surface area contributed by atoms with Crippen LogP contribution < -0.4 is 9.47 Å². The summed E-state index contributed by atoms with van der Waals surface area (Å²) < 4.78 is 37.0. The van der Waals surface area contributed by atoms with Crippen LogP contribution in [0, 0.1) is 11.6 Å². The third kappa shape index (κ3) is 3.64. The first-order valence-corrected chi connectivity index (χ1v) is 6.78. The summed E-state index contributed by atoms with van der Waals surface area (Å²) >= 11 is 6.23. The summed E-state index contributed by atoms with van der Waals surface area (Å²) in [5.41, 5.74) is 1.14. The number of ether oxygens (including phenoxy) is 2. The number of benzene rings is 2. The van der Waals surface area contributed by atoms with Gasteiger partial charge in [-0.2, -0.15) is 0 Å². The maximum absolute atomic E-state index is 13.7. The molecule has 0 saturated heterocycles. The minimum Gasteiger partial charge on any atom is -0.493 e. The van der Waals surface area contributed by atoms with Crippen molar-refractivity contribution < 1.29 is 18.3 Å². The van der Waals surface area contributed by atoms with E-state index in [9.17, 15) is 8.78 Å². The Kier molecular flexibility index (Phi) is 5.02. The van der Waals surface area contributed by atoms with Crippen LogP contribution in [0.5, 0.6) is 11.5 Å². The molecule has 0 aliphatic heterocycles. The summed E-state index contributed by atoms with van der Waals surface area (Å²) in [6, 6.07) is 8.78. The van der Waals surface area contributed by atoms with Gasteiger partial charge in [0.2, 0.25) is 0 Å². The Morgan fingerprint density at radius 2 is 1.71 bits per heavy atom. The number of rotatable bonds is 5. The van der Waals surface area contributed by atoms with Crippen LogP contribution in [0.4, 0.5) is 8.78 Å². The van der Waals surface area contributed by atoms with Crippen molar-refractivity contribution in [3.8, 4) is 11.5 Å². The average molecular weight is 313 g/mol. The highest BCUT2D eigenvalue weighted by Crippen LogP contribution is 2.32. The number of alkyl halides is 1. The standard InChI is InChI=1S/C16H15ClF2O2/c1-20-15-6-3-10(8-16(15)21-2)7-13(17)12-5-4-11(18)9-14(12)19/h3-6,8-9,13H,7H2,1-2H3.